The van der Waals surface area contributed by atoms with E-state index >= 15 is 0 Å². The average Bonchev–Trinajstić information content (AvgIpc) is 3.33. The monoisotopic (exact) mass is 640 g/mol. The Morgan fingerprint density at radius 3 is 2.09 bits per heavy atom. The first kappa shape index (κ1) is 35.3. The third-order valence-corrected chi connectivity index (χ3v) is 14.8. The molecule has 10 atom stereocenters. The van der Waals surface area contributed by atoms with Crippen LogP contribution in [0.3, 0.4) is 0 Å². The minimum atomic E-state index is -0.554. The standard InChI is InChI=1S/C39H64N2O5/c1-24(2)26-14-19-39(32(43)40-22-23-41-33(44)46-34(4,5)6)21-20-37(10)27(31(26)39)12-13-29-36(9)17-16-30(45-25(3)42)35(7,8)28(36)15-18-38(29,37)11/h26-31H,1,12-23H2,2-11H3,(H,40,43)(H,41,44)/t26-,27+,28-,29+,30-,31+,36-,37+,38+,39-/m0/s1. The van der Waals surface area contributed by atoms with Crippen LogP contribution in [0.5, 0.6) is 0 Å². The Morgan fingerprint density at radius 2 is 1.46 bits per heavy atom. The van der Waals surface area contributed by atoms with E-state index in [1.165, 1.54) is 24.8 Å². The molecule has 46 heavy (non-hydrogen) atoms. The average molecular weight is 641 g/mol. The van der Waals surface area contributed by atoms with Gasteiger partial charge in [-0.15, -0.1) is 0 Å². The third-order valence-electron chi connectivity index (χ3n) is 14.8. The van der Waals surface area contributed by atoms with E-state index < -0.39 is 11.7 Å². The smallest absolute Gasteiger partial charge is 0.407 e. The molecule has 0 saturated heterocycles. The Hall–Kier alpha value is -2.05. The number of hydrogen-bond donors (Lipinski definition) is 2. The topological polar surface area (TPSA) is 93.7 Å². The van der Waals surface area contributed by atoms with Gasteiger partial charge in [0.05, 0.1) is 5.41 Å². The van der Waals surface area contributed by atoms with E-state index in [0.717, 1.165) is 44.9 Å². The molecule has 0 aliphatic heterocycles. The minimum Gasteiger partial charge on any atom is -0.462 e. The summed E-state index contributed by atoms with van der Waals surface area (Å²) in [6, 6.07) is 0. The number of fused-ring (bicyclic) bond motifs is 7. The van der Waals surface area contributed by atoms with E-state index in [4.69, 9.17) is 9.47 Å². The van der Waals surface area contributed by atoms with Crippen molar-refractivity contribution in [3.63, 3.8) is 0 Å². The van der Waals surface area contributed by atoms with Crippen LogP contribution in [0.25, 0.3) is 0 Å². The molecule has 0 aromatic heterocycles. The molecule has 2 N–H and O–H groups in total. The molecule has 5 aliphatic rings. The van der Waals surface area contributed by atoms with Crippen molar-refractivity contribution in [3.05, 3.63) is 12.2 Å². The number of rotatable bonds is 6. The van der Waals surface area contributed by atoms with Crippen molar-refractivity contribution >= 4 is 18.0 Å². The van der Waals surface area contributed by atoms with Crippen LogP contribution < -0.4 is 10.6 Å². The molecular formula is C39H64N2O5. The summed E-state index contributed by atoms with van der Waals surface area (Å²) >= 11 is 0. The maximum absolute atomic E-state index is 14.3. The van der Waals surface area contributed by atoms with E-state index in [-0.39, 0.29) is 45.1 Å². The summed E-state index contributed by atoms with van der Waals surface area (Å²) in [7, 11) is 0. The fraction of sp³-hybridized carbons (Fsp3) is 0.872. The molecule has 0 spiro atoms. The molecule has 5 saturated carbocycles. The van der Waals surface area contributed by atoms with Crippen LogP contribution in [0.2, 0.25) is 0 Å². The van der Waals surface area contributed by atoms with Crippen LogP contribution in [0.15, 0.2) is 12.2 Å². The predicted octanol–water partition coefficient (Wildman–Crippen LogP) is 8.22. The second-order valence-electron chi connectivity index (χ2n) is 18.5. The number of carbonyl (C=O) groups excluding carboxylic acids is 3. The zero-order chi connectivity index (χ0) is 34.1. The largest absolute Gasteiger partial charge is 0.462 e. The zero-order valence-electron chi connectivity index (χ0n) is 30.7. The van der Waals surface area contributed by atoms with Crippen molar-refractivity contribution in [2.75, 3.05) is 13.1 Å². The SMILES string of the molecule is C=C(C)[C@@H]1CC[C@]2(C(=O)NCCNC(=O)OC(C)(C)C)CC[C@]3(C)[C@H](CC[C@@H]4[C@@]5(C)CC[C@H](OC(C)=O)C(C)(C)[C@@H]5CC[C@]43C)[C@@H]12. The molecule has 2 amide bonds. The molecule has 260 valence electrons. The van der Waals surface area contributed by atoms with Crippen molar-refractivity contribution < 1.29 is 23.9 Å². The molecule has 0 heterocycles. The summed E-state index contributed by atoms with van der Waals surface area (Å²) in [4.78, 5) is 38.5. The Balaban J connectivity index is 1.38. The molecule has 7 nitrogen and oxygen atoms in total. The third kappa shape index (κ3) is 5.51. The maximum Gasteiger partial charge on any atom is 0.407 e. The van der Waals surface area contributed by atoms with Crippen LogP contribution in [-0.2, 0) is 19.1 Å². The first-order chi connectivity index (χ1) is 21.2. The molecule has 5 aliphatic carbocycles. The highest BCUT2D eigenvalue weighted by Crippen LogP contribution is 2.77. The van der Waals surface area contributed by atoms with Gasteiger partial charge in [-0.2, -0.15) is 0 Å². The van der Waals surface area contributed by atoms with Crippen molar-refractivity contribution in [3.8, 4) is 0 Å². The number of esters is 1. The first-order valence-corrected chi connectivity index (χ1v) is 18.3. The van der Waals surface area contributed by atoms with Gasteiger partial charge in [0.1, 0.15) is 11.7 Å². The summed E-state index contributed by atoms with van der Waals surface area (Å²) in [5.41, 5.74) is 0.780. The highest BCUT2D eigenvalue weighted by molar-refractivity contribution is 5.84. The number of nitrogens with one attached hydrogen (secondary N) is 2. The number of carbonyl (C=O) groups is 3. The summed E-state index contributed by atoms with van der Waals surface area (Å²) in [6.45, 7) is 27.0. The molecule has 0 bridgehead atoms. The molecule has 0 aromatic rings. The summed E-state index contributed by atoms with van der Waals surface area (Å²) in [6.07, 6.45) is 10.3. The van der Waals surface area contributed by atoms with Crippen molar-refractivity contribution in [2.45, 2.75) is 145 Å². The Kier molecular flexibility index (Phi) is 9.06. The van der Waals surface area contributed by atoms with Crippen LogP contribution >= 0.6 is 0 Å². The zero-order valence-corrected chi connectivity index (χ0v) is 30.7. The number of alkyl carbamates (subject to hydrolysis) is 1. The highest BCUT2D eigenvalue weighted by atomic mass is 16.6. The summed E-state index contributed by atoms with van der Waals surface area (Å²) < 4.78 is 11.3. The lowest BCUT2D eigenvalue weighted by Crippen LogP contribution is -2.67. The number of ether oxygens (including phenoxy) is 2. The lowest BCUT2D eigenvalue weighted by atomic mass is 9.32. The lowest BCUT2D eigenvalue weighted by molar-refractivity contribution is -0.248. The highest BCUT2D eigenvalue weighted by Gasteiger charge is 2.72. The Labute approximate surface area is 279 Å². The van der Waals surface area contributed by atoms with E-state index in [1.54, 1.807) is 6.92 Å². The van der Waals surface area contributed by atoms with Crippen LogP contribution in [-0.4, -0.2) is 42.8 Å². The second-order valence-corrected chi connectivity index (χ2v) is 18.5. The van der Waals surface area contributed by atoms with Gasteiger partial charge in [-0.25, -0.2) is 4.79 Å². The normalized spacial score (nSPS) is 42.7. The van der Waals surface area contributed by atoms with Gasteiger partial charge in [0, 0.05) is 25.4 Å². The van der Waals surface area contributed by atoms with Gasteiger partial charge < -0.3 is 20.1 Å². The molecule has 0 radical (unpaired) electrons. The molecule has 0 aromatic carbocycles. The van der Waals surface area contributed by atoms with Gasteiger partial charge >= 0.3 is 12.1 Å². The van der Waals surface area contributed by atoms with Gasteiger partial charge in [0.25, 0.3) is 0 Å². The van der Waals surface area contributed by atoms with Crippen LogP contribution in [0, 0.1) is 56.7 Å². The summed E-state index contributed by atoms with van der Waals surface area (Å²) in [5, 5.41) is 6.06. The van der Waals surface area contributed by atoms with Crippen LogP contribution in [0.1, 0.15) is 133 Å². The lowest BCUT2D eigenvalue weighted by Gasteiger charge is -2.72. The Morgan fingerprint density at radius 1 is 0.783 bits per heavy atom. The quantitative estimate of drug-likeness (QED) is 0.173. The maximum atomic E-state index is 14.3. The second kappa shape index (κ2) is 11.8. The summed E-state index contributed by atoms with van der Waals surface area (Å²) in [5.74, 6) is 2.28. The van der Waals surface area contributed by atoms with Crippen molar-refractivity contribution in [1.82, 2.24) is 10.6 Å². The van der Waals surface area contributed by atoms with Gasteiger partial charge in [-0.1, -0.05) is 46.8 Å². The van der Waals surface area contributed by atoms with Gasteiger partial charge in [-0.3, -0.25) is 9.59 Å². The first-order valence-electron chi connectivity index (χ1n) is 18.3. The molecule has 5 rings (SSSR count). The number of amides is 2. The van der Waals surface area contributed by atoms with E-state index in [1.807, 2.05) is 20.8 Å². The molecule has 5 fully saturated rings. The van der Waals surface area contributed by atoms with Crippen molar-refractivity contribution in [2.24, 2.45) is 56.7 Å². The van der Waals surface area contributed by atoms with Gasteiger partial charge in [0.15, 0.2) is 0 Å². The van der Waals surface area contributed by atoms with Crippen LogP contribution in [0.4, 0.5) is 4.79 Å². The molecule has 0 unspecified atom stereocenters. The van der Waals surface area contributed by atoms with E-state index in [0.29, 0.717) is 42.7 Å². The molecule has 7 heteroatoms. The molecular weight excluding hydrogens is 576 g/mol. The number of hydrogen-bond acceptors (Lipinski definition) is 5. The van der Waals surface area contributed by atoms with E-state index in [2.05, 4.69) is 58.8 Å². The Bertz CT molecular complexity index is 1240. The minimum absolute atomic E-state index is 0.0117. The van der Waals surface area contributed by atoms with Gasteiger partial charge in [-0.05, 0) is 138 Å². The predicted molar refractivity (Wildman–Crippen MR) is 182 cm³/mol. The fourth-order valence-electron chi connectivity index (χ4n) is 12.8. The van der Waals surface area contributed by atoms with E-state index in [9.17, 15) is 14.4 Å². The fourth-order valence-corrected chi connectivity index (χ4v) is 12.8. The van der Waals surface area contributed by atoms with Gasteiger partial charge in [0.2, 0.25) is 5.91 Å². The number of allylic oxidation sites excluding steroid dienone is 1. The van der Waals surface area contributed by atoms with Crippen molar-refractivity contribution in [1.29, 1.82) is 0 Å².